The van der Waals surface area contributed by atoms with Crippen LogP contribution in [0, 0.1) is 6.92 Å². The fourth-order valence-electron chi connectivity index (χ4n) is 4.84. The van der Waals surface area contributed by atoms with Crippen LogP contribution in [-0.2, 0) is 7.05 Å². The van der Waals surface area contributed by atoms with Crippen LogP contribution in [0.5, 0.6) is 5.75 Å². The molecule has 4 heterocycles. The van der Waals surface area contributed by atoms with Gasteiger partial charge in [-0.1, -0.05) is 18.2 Å². The summed E-state index contributed by atoms with van der Waals surface area (Å²) < 4.78 is 8.09. The fourth-order valence-corrected chi connectivity index (χ4v) is 4.84. The minimum absolute atomic E-state index is 0.0340. The van der Waals surface area contributed by atoms with Gasteiger partial charge in [-0.25, -0.2) is 0 Å². The number of rotatable bonds is 5. The van der Waals surface area contributed by atoms with E-state index in [4.69, 9.17) is 4.74 Å². The Hall–Kier alpha value is -3.19. The van der Waals surface area contributed by atoms with E-state index in [0.717, 1.165) is 43.9 Å². The van der Waals surface area contributed by atoms with Crippen LogP contribution >= 0.6 is 0 Å². The number of aryl methyl sites for hydroxylation is 2. The molecule has 0 saturated carbocycles. The zero-order chi connectivity index (χ0) is 22.1. The summed E-state index contributed by atoms with van der Waals surface area (Å²) in [6, 6.07) is 16.7. The number of ether oxygens (including phenoxy) is 1. The molecule has 2 fully saturated rings. The van der Waals surface area contributed by atoms with Crippen molar-refractivity contribution in [1.29, 1.82) is 0 Å². The number of amides is 1. The third-order valence-corrected chi connectivity index (χ3v) is 6.73. The van der Waals surface area contributed by atoms with Gasteiger partial charge in [-0.2, -0.15) is 5.10 Å². The smallest absolute Gasteiger partial charge is 0.274 e. The molecular weight excluding hydrogens is 402 g/mol. The first-order valence-corrected chi connectivity index (χ1v) is 11.3. The molecule has 0 spiro atoms. The summed E-state index contributed by atoms with van der Waals surface area (Å²) in [5.74, 6) is 0.939. The SMILES string of the molecule is Cc1cc(C(=O)N2CCC(N3CC(Oc4ccccc4)C3c3ccncc3)CC2)nn1C. The van der Waals surface area contributed by atoms with Crippen molar-refractivity contribution in [1.82, 2.24) is 24.6 Å². The van der Waals surface area contributed by atoms with Crippen LogP contribution in [0.1, 0.15) is 40.6 Å². The number of carbonyl (C=O) groups is 1. The molecule has 3 aromatic rings. The predicted molar refractivity (Wildman–Crippen MR) is 121 cm³/mol. The van der Waals surface area contributed by atoms with Gasteiger partial charge in [0.05, 0.1) is 6.04 Å². The molecule has 5 rings (SSSR count). The Balaban J connectivity index is 1.25. The minimum Gasteiger partial charge on any atom is -0.487 e. The summed E-state index contributed by atoms with van der Waals surface area (Å²) >= 11 is 0. The van der Waals surface area contributed by atoms with Gasteiger partial charge >= 0.3 is 0 Å². The van der Waals surface area contributed by atoms with Gasteiger partial charge < -0.3 is 9.64 Å². The second-order valence-corrected chi connectivity index (χ2v) is 8.71. The Morgan fingerprint density at radius 1 is 1.06 bits per heavy atom. The monoisotopic (exact) mass is 431 g/mol. The molecule has 2 aromatic heterocycles. The number of benzene rings is 1. The first kappa shape index (κ1) is 20.7. The summed E-state index contributed by atoms with van der Waals surface area (Å²) in [5.41, 5.74) is 2.77. The zero-order valence-corrected chi connectivity index (χ0v) is 18.6. The lowest BCUT2D eigenvalue weighted by Gasteiger charge is -2.53. The Morgan fingerprint density at radius 2 is 1.78 bits per heavy atom. The molecule has 1 aromatic carbocycles. The number of likely N-dealkylation sites (tertiary alicyclic amines) is 2. The van der Waals surface area contributed by atoms with Gasteiger partial charge in [0, 0.05) is 50.8 Å². The number of pyridine rings is 1. The molecular formula is C25H29N5O2. The molecule has 1 amide bonds. The van der Waals surface area contributed by atoms with E-state index in [1.165, 1.54) is 5.56 Å². The first-order chi connectivity index (χ1) is 15.6. The van der Waals surface area contributed by atoms with Crippen molar-refractivity contribution >= 4 is 5.91 Å². The standard InChI is InChI=1S/C25H29N5O2/c1-18-16-22(27-28(18)2)25(31)29-14-10-20(11-15-29)30-17-23(32-21-6-4-3-5-7-21)24(30)19-8-12-26-13-9-19/h3-9,12-13,16,20,23-24H,10-11,14-15,17H2,1-2H3. The van der Waals surface area contributed by atoms with Crippen molar-refractivity contribution in [3.8, 4) is 5.75 Å². The number of carbonyl (C=O) groups excluding carboxylic acids is 1. The number of aromatic nitrogens is 3. The minimum atomic E-state index is 0.0340. The molecule has 0 N–H and O–H groups in total. The second kappa shape index (κ2) is 8.74. The molecule has 2 atom stereocenters. The highest BCUT2D eigenvalue weighted by Gasteiger charge is 2.46. The number of hydrogen-bond acceptors (Lipinski definition) is 5. The van der Waals surface area contributed by atoms with Crippen molar-refractivity contribution in [2.24, 2.45) is 7.05 Å². The normalized spacial score (nSPS) is 21.9. The van der Waals surface area contributed by atoms with Crippen molar-refractivity contribution in [2.45, 2.75) is 38.0 Å². The molecule has 2 aliphatic rings. The molecule has 2 aliphatic heterocycles. The summed E-state index contributed by atoms with van der Waals surface area (Å²) in [6.45, 7) is 4.36. The van der Waals surface area contributed by atoms with Gasteiger partial charge in [0.2, 0.25) is 0 Å². The van der Waals surface area contributed by atoms with Gasteiger partial charge in [-0.3, -0.25) is 19.4 Å². The van der Waals surface area contributed by atoms with E-state index >= 15 is 0 Å². The van der Waals surface area contributed by atoms with Crippen LogP contribution in [0.15, 0.2) is 60.9 Å². The molecule has 7 heteroatoms. The number of piperidine rings is 1. The third-order valence-electron chi connectivity index (χ3n) is 6.73. The van der Waals surface area contributed by atoms with E-state index in [-0.39, 0.29) is 18.1 Å². The topological polar surface area (TPSA) is 63.5 Å². The lowest BCUT2D eigenvalue weighted by Crippen LogP contribution is -2.61. The van der Waals surface area contributed by atoms with Crippen molar-refractivity contribution in [2.75, 3.05) is 19.6 Å². The van der Waals surface area contributed by atoms with Gasteiger partial charge in [0.1, 0.15) is 11.9 Å². The van der Waals surface area contributed by atoms with Gasteiger partial charge in [0.25, 0.3) is 5.91 Å². The van der Waals surface area contributed by atoms with E-state index in [9.17, 15) is 4.79 Å². The molecule has 2 saturated heterocycles. The van der Waals surface area contributed by atoms with Crippen LogP contribution in [-0.4, -0.2) is 62.3 Å². The predicted octanol–water partition coefficient (Wildman–Crippen LogP) is 3.23. The highest BCUT2D eigenvalue weighted by Crippen LogP contribution is 2.40. The molecule has 32 heavy (non-hydrogen) atoms. The zero-order valence-electron chi connectivity index (χ0n) is 18.6. The van der Waals surface area contributed by atoms with E-state index in [2.05, 4.69) is 27.1 Å². The van der Waals surface area contributed by atoms with Gasteiger partial charge in [-0.15, -0.1) is 0 Å². The maximum Gasteiger partial charge on any atom is 0.274 e. The van der Waals surface area contributed by atoms with Crippen LogP contribution < -0.4 is 4.74 Å². The highest BCUT2D eigenvalue weighted by atomic mass is 16.5. The van der Waals surface area contributed by atoms with Gasteiger partial charge in [-0.05, 0) is 55.7 Å². The van der Waals surface area contributed by atoms with Crippen LogP contribution in [0.2, 0.25) is 0 Å². The average Bonchev–Trinajstić information content (AvgIpc) is 3.15. The lowest BCUT2D eigenvalue weighted by molar-refractivity contribution is -0.0842. The molecule has 0 bridgehead atoms. The molecule has 7 nitrogen and oxygen atoms in total. The summed E-state index contributed by atoms with van der Waals surface area (Å²) in [7, 11) is 1.87. The number of para-hydroxylation sites is 1. The highest BCUT2D eigenvalue weighted by molar-refractivity contribution is 5.92. The average molecular weight is 432 g/mol. The van der Waals surface area contributed by atoms with Crippen molar-refractivity contribution in [3.63, 3.8) is 0 Å². The van der Waals surface area contributed by atoms with Crippen LogP contribution in [0.3, 0.4) is 0 Å². The Labute approximate surface area is 188 Å². The molecule has 0 radical (unpaired) electrons. The summed E-state index contributed by atoms with van der Waals surface area (Å²) in [6.07, 6.45) is 5.72. The van der Waals surface area contributed by atoms with Crippen molar-refractivity contribution < 1.29 is 9.53 Å². The summed E-state index contributed by atoms with van der Waals surface area (Å²) in [5, 5.41) is 4.36. The van der Waals surface area contributed by atoms with Gasteiger partial charge in [0.15, 0.2) is 5.69 Å². The number of hydrogen-bond donors (Lipinski definition) is 0. The largest absolute Gasteiger partial charge is 0.487 e. The van der Waals surface area contributed by atoms with E-state index in [1.54, 1.807) is 4.68 Å². The van der Waals surface area contributed by atoms with E-state index in [1.807, 2.05) is 67.7 Å². The van der Waals surface area contributed by atoms with Crippen LogP contribution in [0.25, 0.3) is 0 Å². The fraction of sp³-hybridized carbons (Fsp3) is 0.400. The maximum absolute atomic E-state index is 12.9. The summed E-state index contributed by atoms with van der Waals surface area (Å²) in [4.78, 5) is 21.5. The van der Waals surface area contributed by atoms with E-state index in [0.29, 0.717) is 11.7 Å². The van der Waals surface area contributed by atoms with Crippen LogP contribution in [0.4, 0.5) is 0 Å². The molecule has 2 unspecified atom stereocenters. The lowest BCUT2D eigenvalue weighted by atomic mass is 9.87. The second-order valence-electron chi connectivity index (χ2n) is 8.71. The molecule has 166 valence electrons. The Morgan fingerprint density at radius 3 is 2.44 bits per heavy atom. The Kier molecular flexibility index (Phi) is 5.66. The Bertz CT molecular complexity index is 1040. The molecule has 0 aliphatic carbocycles. The van der Waals surface area contributed by atoms with E-state index < -0.39 is 0 Å². The first-order valence-electron chi connectivity index (χ1n) is 11.3. The third kappa shape index (κ3) is 4.00. The van der Waals surface area contributed by atoms with Crippen molar-refractivity contribution in [3.05, 3.63) is 77.9 Å². The number of nitrogens with zero attached hydrogens (tertiary/aromatic N) is 5. The quantitative estimate of drug-likeness (QED) is 0.621. The maximum atomic E-state index is 12.9.